The molecule has 2 heterocycles. The Hall–Kier alpha value is -4.21. The molecular formula is C30H26N2O6S. The van der Waals surface area contributed by atoms with Gasteiger partial charge in [0.05, 0.1) is 4.90 Å². The van der Waals surface area contributed by atoms with E-state index in [9.17, 15) is 18.0 Å². The molecule has 0 amide bonds. The number of sulfonamides is 1. The summed E-state index contributed by atoms with van der Waals surface area (Å²) < 4.78 is 40.2. The first kappa shape index (κ1) is 25.1. The molecule has 0 radical (unpaired) electrons. The highest BCUT2D eigenvalue weighted by Crippen LogP contribution is 2.30. The van der Waals surface area contributed by atoms with Gasteiger partial charge in [-0.1, -0.05) is 35.9 Å². The summed E-state index contributed by atoms with van der Waals surface area (Å²) in [5.74, 6) is -0.620. The lowest BCUT2D eigenvalue weighted by Crippen LogP contribution is -2.44. The van der Waals surface area contributed by atoms with Gasteiger partial charge in [-0.25, -0.2) is 18.0 Å². The first-order chi connectivity index (χ1) is 18.8. The minimum Gasteiger partial charge on any atom is -0.425 e. The lowest BCUT2D eigenvalue weighted by molar-refractivity contribution is -0.136. The van der Waals surface area contributed by atoms with E-state index >= 15 is 0 Å². The molecule has 1 atom stereocenters. The summed E-state index contributed by atoms with van der Waals surface area (Å²) in [4.78, 5) is 29.1. The number of benzene rings is 3. The normalized spacial score (nSPS) is 14.0. The summed E-state index contributed by atoms with van der Waals surface area (Å²) in [6.45, 7) is 1.86. The van der Waals surface area contributed by atoms with Gasteiger partial charge >= 0.3 is 11.6 Å². The molecule has 1 unspecified atom stereocenters. The molecule has 0 fully saturated rings. The van der Waals surface area contributed by atoms with Gasteiger partial charge in [-0.05, 0) is 67.6 Å². The Bertz CT molecular complexity index is 1890. The second-order valence-electron chi connectivity index (χ2n) is 9.83. The largest absolute Gasteiger partial charge is 0.425 e. The van der Waals surface area contributed by atoms with Gasteiger partial charge in [0.25, 0.3) is 0 Å². The number of H-pyrrole nitrogens is 1. The summed E-state index contributed by atoms with van der Waals surface area (Å²) in [5, 5.41) is 1.70. The van der Waals surface area contributed by atoms with Gasteiger partial charge in [0.2, 0.25) is 10.0 Å². The van der Waals surface area contributed by atoms with Crippen LogP contribution in [0.1, 0.15) is 28.7 Å². The number of carbonyl (C=O) groups is 1. The molecule has 0 saturated heterocycles. The topological polar surface area (TPSA) is 118 Å². The molecule has 0 spiro atoms. The van der Waals surface area contributed by atoms with Crippen LogP contribution >= 0.6 is 0 Å². The van der Waals surface area contributed by atoms with Crippen molar-refractivity contribution in [1.82, 2.24) is 9.71 Å². The van der Waals surface area contributed by atoms with E-state index in [0.29, 0.717) is 17.6 Å². The number of aromatic amines is 1. The predicted octanol–water partition coefficient (Wildman–Crippen LogP) is 4.57. The second-order valence-corrected chi connectivity index (χ2v) is 11.5. The van der Waals surface area contributed by atoms with Crippen molar-refractivity contribution in [3.63, 3.8) is 0 Å². The number of aromatic nitrogens is 1. The third-order valence-corrected chi connectivity index (χ3v) is 8.66. The fourth-order valence-corrected chi connectivity index (χ4v) is 6.37. The highest BCUT2D eigenvalue weighted by atomic mass is 32.2. The fourth-order valence-electron chi connectivity index (χ4n) is 5.18. The van der Waals surface area contributed by atoms with Gasteiger partial charge in [-0.2, -0.15) is 4.72 Å². The summed E-state index contributed by atoms with van der Waals surface area (Å²) >= 11 is 0. The van der Waals surface area contributed by atoms with Gasteiger partial charge in [-0.15, -0.1) is 0 Å². The van der Waals surface area contributed by atoms with Crippen molar-refractivity contribution in [2.24, 2.45) is 0 Å². The number of rotatable bonds is 7. The summed E-state index contributed by atoms with van der Waals surface area (Å²) in [6.07, 6.45) is 4.21. The second kappa shape index (κ2) is 9.83. The maximum Gasteiger partial charge on any atom is 0.339 e. The van der Waals surface area contributed by atoms with Gasteiger partial charge in [-0.3, -0.25) is 0 Å². The third-order valence-electron chi connectivity index (χ3n) is 7.18. The van der Waals surface area contributed by atoms with Crippen LogP contribution in [0, 0.1) is 6.92 Å². The van der Waals surface area contributed by atoms with Crippen LogP contribution < -0.4 is 15.1 Å². The van der Waals surface area contributed by atoms with E-state index in [1.54, 1.807) is 30.5 Å². The quantitative estimate of drug-likeness (QED) is 0.177. The molecule has 6 rings (SSSR count). The minimum atomic E-state index is -4.04. The molecule has 1 aliphatic carbocycles. The number of para-hydroxylation sites is 1. The Morgan fingerprint density at radius 1 is 1.03 bits per heavy atom. The van der Waals surface area contributed by atoms with Crippen LogP contribution in [0.5, 0.6) is 5.75 Å². The molecule has 1 aliphatic rings. The zero-order valence-electron chi connectivity index (χ0n) is 21.2. The van der Waals surface area contributed by atoms with Crippen LogP contribution in [-0.2, 0) is 34.1 Å². The van der Waals surface area contributed by atoms with Crippen molar-refractivity contribution in [1.29, 1.82) is 0 Å². The molecule has 0 aliphatic heterocycles. The molecule has 5 aromatic rings. The van der Waals surface area contributed by atoms with Crippen molar-refractivity contribution in [2.75, 3.05) is 0 Å². The van der Waals surface area contributed by atoms with Gasteiger partial charge in [0.15, 0.2) is 0 Å². The molecule has 0 saturated carbocycles. The number of esters is 1. The lowest BCUT2D eigenvalue weighted by atomic mass is 10.1. The van der Waals surface area contributed by atoms with E-state index in [0.717, 1.165) is 45.8 Å². The van der Waals surface area contributed by atoms with Crippen LogP contribution in [0.3, 0.4) is 0 Å². The van der Waals surface area contributed by atoms with Crippen molar-refractivity contribution < 1.29 is 22.4 Å². The summed E-state index contributed by atoms with van der Waals surface area (Å²) in [5.41, 5.74) is 4.19. The van der Waals surface area contributed by atoms with E-state index in [-0.39, 0.29) is 22.7 Å². The molecular weight excluding hydrogens is 516 g/mol. The summed E-state index contributed by atoms with van der Waals surface area (Å²) in [7, 11) is -4.04. The SMILES string of the molecule is Cc1ccc(S(=O)(=O)NC(Cc2c[nH]c3ccccc23)C(=O)Oc2ccc3c4c(c(=O)oc3c2)CCC4)cc1. The van der Waals surface area contributed by atoms with Gasteiger partial charge in [0, 0.05) is 40.5 Å². The highest BCUT2D eigenvalue weighted by Gasteiger charge is 2.29. The number of hydrogen-bond donors (Lipinski definition) is 2. The molecule has 9 heteroatoms. The molecule has 198 valence electrons. The molecule has 0 bridgehead atoms. The Morgan fingerprint density at radius 2 is 1.79 bits per heavy atom. The zero-order valence-corrected chi connectivity index (χ0v) is 22.0. The van der Waals surface area contributed by atoms with Crippen LogP contribution in [0.15, 0.2) is 87.0 Å². The Kier molecular flexibility index (Phi) is 6.32. The number of carbonyl (C=O) groups excluding carboxylic acids is 1. The average Bonchev–Trinajstić information content (AvgIpc) is 3.57. The van der Waals surface area contributed by atoms with Crippen molar-refractivity contribution >= 4 is 37.9 Å². The van der Waals surface area contributed by atoms with E-state index < -0.39 is 22.0 Å². The molecule has 8 nitrogen and oxygen atoms in total. The van der Waals surface area contributed by atoms with Crippen LogP contribution in [-0.4, -0.2) is 25.4 Å². The van der Waals surface area contributed by atoms with Gasteiger partial charge < -0.3 is 14.1 Å². The lowest BCUT2D eigenvalue weighted by Gasteiger charge is -2.18. The van der Waals surface area contributed by atoms with E-state index in [1.165, 1.54) is 18.2 Å². The number of ether oxygens (including phenoxy) is 1. The molecule has 3 aromatic carbocycles. The Morgan fingerprint density at radius 3 is 2.62 bits per heavy atom. The fraction of sp³-hybridized carbons (Fsp3) is 0.200. The van der Waals surface area contributed by atoms with Crippen LogP contribution in [0.2, 0.25) is 0 Å². The van der Waals surface area contributed by atoms with Gasteiger partial charge in [0.1, 0.15) is 17.4 Å². The highest BCUT2D eigenvalue weighted by molar-refractivity contribution is 7.89. The van der Waals surface area contributed by atoms with E-state index in [4.69, 9.17) is 9.15 Å². The monoisotopic (exact) mass is 542 g/mol. The zero-order chi connectivity index (χ0) is 27.1. The third kappa shape index (κ3) is 4.86. The maximum atomic E-state index is 13.5. The van der Waals surface area contributed by atoms with Crippen molar-refractivity contribution in [3.05, 3.63) is 106 Å². The van der Waals surface area contributed by atoms with Crippen molar-refractivity contribution in [3.8, 4) is 5.75 Å². The van der Waals surface area contributed by atoms with Crippen LogP contribution in [0.4, 0.5) is 0 Å². The first-order valence-corrected chi connectivity index (χ1v) is 14.2. The average molecular weight is 543 g/mol. The Labute approximate surface area is 224 Å². The number of nitrogens with one attached hydrogen (secondary N) is 2. The number of fused-ring (bicyclic) bond motifs is 4. The smallest absolute Gasteiger partial charge is 0.339 e. The minimum absolute atomic E-state index is 0.0474. The molecule has 2 N–H and O–H groups in total. The molecule has 2 aromatic heterocycles. The summed E-state index contributed by atoms with van der Waals surface area (Å²) in [6, 6.07) is 17.7. The molecule has 39 heavy (non-hydrogen) atoms. The predicted molar refractivity (Wildman–Crippen MR) is 147 cm³/mol. The van der Waals surface area contributed by atoms with E-state index in [1.807, 2.05) is 31.2 Å². The maximum absolute atomic E-state index is 13.5. The van der Waals surface area contributed by atoms with Crippen molar-refractivity contribution in [2.45, 2.75) is 43.5 Å². The Balaban J connectivity index is 1.32. The van der Waals surface area contributed by atoms with E-state index in [2.05, 4.69) is 9.71 Å². The number of hydrogen-bond acceptors (Lipinski definition) is 6. The van der Waals surface area contributed by atoms with Crippen LogP contribution in [0.25, 0.3) is 21.9 Å². The first-order valence-electron chi connectivity index (χ1n) is 12.7. The number of aryl methyl sites for hydroxylation is 2. The standard InChI is InChI=1S/C30H26N2O6S/c1-18-9-12-21(13-10-18)39(35,36)32-27(15-19-17-31-26-8-3-2-5-22(19)26)30(34)37-20-11-14-24-23-6-4-7-25(23)29(33)38-28(24)16-20/h2-3,5,8-14,16-17,27,31-32H,4,6-7,15H2,1H3.